The average Bonchev–Trinajstić information content (AvgIpc) is 2.75. The maximum Gasteiger partial charge on any atom is 0.244 e. The van der Waals surface area contributed by atoms with E-state index in [0.717, 1.165) is 16.1 Å². The molecule has 0 fully saturated rings. The van der Waals surface area contributed by atoms with Gasteiger partial charge in [0.2, 0.25) is 21.8 Å². The predicted molar refractivity (Wildman–Crippen MR) is 130 cm³/mol. The monoisotopic (exact) mass is 515 g/mol. The van der Waals surface area contributed by atoms with E-state index in [2.05, 4.69) is 5.32 Å². The second-order valence-electron chi connectivity index (χ2n) is 7.31. The normalized spacial score (nSPS) is 12.1. The van der Waals surface area contributed by atoms with E-state index < -0.39 is 28.5 Å². The molecule has 0 unspecified atom stereocenters. The Bertz CT molecular complexity index is 1090. The number of carbonyl (C=O) groups is 2. The number of amides is 2. The molecule has 0 radical (unpaired) electrons. The minimum atomic E-state index is -3.87. The van der Waals surface area contributed by atoms with Gasteiger partial charge in [-0.15, -0.1) is 0 Å². The first-order valence-corrected chi connectivity index (χ1v) is 12.7. The summed E-state index contributed by atoms with van der Waals surface area (Å²) in [5.41, 5.74) is 0.874. The lowest BCUT2D eigenvalue weighted by molar-refractivity contribution is -0.140. The lowest BCUT2D eigenvalue weighted by Crippen LogP contribution is -2.51. The van der Waals surface area contributed by atoms with Crippen LogP contribution < -0.4 is 14.4 Å². The quantitative estimate of drug-likeness (QED) is 0.523. The number of nitrogens with one attached hydrogen (secondary N) is 1. The highest BCUT2D eigenvalue weighted by atomic mass is 35.5. The van der Waals surface area contributed by atoms with E-state index in [9.17, 15) is 18.0 Å². The zero-order valence-electron chi connectivity index (χ0n) is 18.8. The molecule has 2 aromatic rings. The molecule has 0 saturated carbocycles. The summed E-state index contributed by atoms with van der Waals surface area (Å²) in [5, 5.41) is 3.02. The topological polar surface area (TPSA) is 96.0 Å². The van der Waals surface area contributed by atoms with Crippen LogP contribution in [0, 0.1) is 0 Å². The third-order valence-corrected chi connectivity index (χ3v) is 6.51. The molecule has 33 heavy (non-hydrogen) atoms. The summed E-state index contributed by atoms with van der Waals surface area (Å²) < 4.78 is 31.3. The fourth-order valence-electron chi connectivity index (χ4n) is 3.35. The van der Waals surface area contributed by atoms with Crippen LogP contribution in [0.15, 0.2) is 42.5 Å². The fraction of sp³-hybridized carbons (Fsp3) is 0.364. The average molecular weight is 516 g/mol. The number of rotatable bonds is 10. The van der Waals surface area contributed by atoms with Crippen molar-refractivity contribution in [3.8, 4) is 5.75 Å². The highest BCUT2D eigenvalue weighted by Gasteiger charge is 2.31. The van der Waals surface area contributed by atoms with E-state index in [-0.39, 0.29) is 28.2 Å². The number of nitrogens with zero attached hydrogens (tertiary/aromatic N) is 2. The molecule has 2 aromatic carbocycles. The smallest absolute Gasteiger partial charge is 0.244 e. The van der Waals surface area contributed by atoms with Gasteiger partial charge in [0, 0.05) is 23.6 Å². The Morgan fingerprint density at radius 3 is 2.27 bits per heavy atom. The second-order valence-corrected chi connectivity index (χ2v) is 10.1. The highest BCUT2D eigenvalue weighted by molar-refractivity contribution is 7.92. The first-order chi connectivity index (χ1) is 15.5. The maximum absolute atomic E-state index is 13.5. The molecule has 180 valence electrons. The summed E-state index contributed by atoms with van der Waals surface area (Å²) in [7, 11) is -0.862. The molecule has 0 saturated heterocycles. The molecule has 2 amide bonds. The summed E-state index contributed by atoms with van der Waals surface area (Å²) in [4.78, 5) is 27.4. The molecule has 0 aliphatic rings. The van der Waals surface area contributed by atoms with Crippen molar-refractivity contribution in [2.24, 2.45) is 0 Å². The number of halogens is 2. The van der Waals surface area contributed by atoms with Crippen LogP contribution >= 0.6 is 23.2 Å². The van der Waals surface area contributed by atoms with Gasteiger partial charge in [-0.2, -0.15) is 0 Å². The van der Waals surface area contributed by atoms with E-state index in [1.807, 2.05) is 0 Å². The summed E-state index contributed by atoms with van der Waals surface area (Å²) in [6.07, 6.45) is 1.31. The van der Waals surface area contributed by atoms with Crippen LogP contribution in [0.3, 0.4) is 0 Å². The molecule has 0 aromatic heterocycles. The molecule has 0 aliphatic carbocycles. The first kappa shape index (κ1) is 26.8. The molecular weight excluding hydrogens is 489 g/mol. The van der Waals surface area contributed by atoms with Crippen molar-refractivity contribution in [2.45, 2.75) is 25.9 Å². The number of hydrogen-bond donors (Lipinski definition) is 1. The molecule has 0 heterocycles. The van der Waals surface area contributed by atoms with Crippen molar-refractivity contribution >= 4 is 50.7 Å². The minimum Gasteiger partial charge on any atom is -0.497 e. The maximum atomic E-state index is 13.5. The Labute approximate surface area is 204 Å². The summed E-state index contributed by atoms with van der Waals surface area (Å²) in [6.45, 7) is 1.32. The van der Waals surface area contributed by atoms with Crippen LogP contribution in [0.4, 0.5) is 5.69 Å². The molecule has 1 atom stereocenters. The van der Waals surface area contributed by atoms with Gasteiger partial charge in [0.05, 0.1) is 19.1 Å². The number of benzene rings is 2. The van der Waals surface area contributed by atoms with E-state index in [4.69, 9.17) is 27.9 Å². The van der Waals surface area contributed by atoms with Gasteiger partial charge in [-0.25, -0.2) is 8.42 Å². The van der Waals surface area contributed by atoms with Crippen LogP contribution in [0.1, 0.15) is 18.9 Å². The Morgan fingerprint density at radius 2 is 1.76 bits per heavy atom. The van der Waals surface area contributed by atoms with Crippen molar-refractivity contribution in [1.82, 2.24) is 10.2 Å². The number of likely N-dealkylation sites (N-methyl/N-ethyl adjacent to an activating group) is 1. The Hall–Kier alpha value is -2.49. The van der Waals surface area contributed by atoms with Gasteiger partial charge >= 0.3 is 0 Å². The van der Waals surface area contributed by atoms with E-state index >= 15 is 0 Å². The van der Waals surface area contributed by atoms with E-state index in [0.29, 0.717) is 12.2 Å². The Balaban J connectivity index is 2.47. The lowest BCUT2D eigenvalue weighted by atomic mass is 10.1. The molecule has 0 aliphatic heterocycles. The van der Waals surface area contributed by atoms with Crippen LogP contribution in [0.2, 0.25) is 10.0 Å². The molecule has 2 rings (SSSR count). The Morgan fingerprint density at radius 1 is 1.12 bits per heavy atom. The number of ether oxygens (including phenoxy) is 1. The van der Waals surface area contributed by atoms with Crippen LogP contribution in [-0.4, -0.2) is 58.1 Å². The highest BCUT2D eigenvalue weighted by Crippen LogP contribution is 2.27. The first-order valence-electron chi connectivity index (χ1n) is 10.1. The summed E-state index contributed by atoms with van der Waals surface area (Å²) >= 11 is 12.1. The predicted octanol–water partition coefficient (Wildman–Crippen LogP) is 3.32. The molecule has 8 nitrogen and oxygen atoms in total. The number of carbonyl (C=O) groups excluding carboxylic acids is 2. The van der Waals surface area contributed by atoms with Crippen molar-refractivity contribution in [2.75, 3.05) is 31.3 Å². The van der Waals surface area contributed by atoms with E-state index in [1.54, 1.807) is 31.2 Å². The van der Waals surface area contributed by atoms with Crippen molar-refractivity contribution < 1.29 is 22.7 Å². The zero-order chi connectivity index (χ0) is 24.8. The summed E-state index contributed by atoms with van der Waals surface area (Å²) in [5.74, 6) is -0.320. The van der Waals surface area contributed by atoms with Gasteiger partial charge in [0.1, 0.15) is 18.3 Å². The third-order valence-electron chi connectivity index (χ3n) is 4.93. The molecule has 0 spiro atoms. The largest absolute Gasteiger partial charge is 0.497 e. The van der Waals surface area contributed by atoms with Gasteiger partial charge in [0.25, 0.3) is 0 Å². The minimum absolute atomic E-state index is 0.0792. The standard InChI is InChI=1S/C22H27Cl2N3O5S/c1-5-20(22(29)25-2)26(13-15-7-6-8-19(9-15)32-3)21(28)14-27(33(4,30)31)18-11-16(23)10-17(24)12-18/h6-12,20H,5,13-14H2,1-4H3,(H,25,29)/t20-/m0/s1. The SMILES string of the molecule is CC[C@@H](C(=O)NC)N(Cc1cccc(OC)c1)C(=O)CN(c1cc(Cl)cc(Cl)c1)S(C)(=O)=O. The van der Waals surface area contributed by atoms with E-state index in [1.165, 1.54) is 37.3 Å². The number of sulfonamides is 1. The molecular formula is C22H27Cl2N3O5S. The lowest BCUT2D eigenvalue weighted by Gasteiger charge is -2.32. The van der Waals surface area contributed by atoms with Crippen LogP contribution in [0.25, 0.3) is 0 Å². The third kappa shape index (κ3) is 7.25. The molecule has 0 bridgehead atoms. The van der Waals surface area contributed by atoms with Gasteiger partial charge in [-0.1, -0.05) is 42.3 Å². The fourth-order valence-corrected chi connectivity index (χ4v) is 4.70. The molecule has 1 N–H and O–H groups in total. The van der Waals surface area contributed by atoms with Crippen molar-refractivity contribution in [1.29, 1.82) is 0 Å². The van der Waals surface area contributed by atoms with Gasteiger partial charge in [-0.3, -0.25) is 13.9 Å². The number of anilines is 1. The van der Waals surface area contributed by atoms with Crippen LogP contribution in [-0.2, 0) is 26.2 Å². The van der Waals surface area contributed by atoms with Crippen molar-refractivity contribution in [3.05, 3.63) is 58.1 Å². The summed E-state index contributed by atoms with van der Waals surface area (Å²) in [6, 6.07) is 10.6. The number of hydrogen-bond acceptors (Lipinski definition) is 5. The van der Waals surface area contributed by atoms with Gasteiger partial charge in [0.15, 0.2) is 0 Å². The Kier molecular flexibility index (Phi) is 9.39. The van der Waals surface area contributed by atoms with Gasteiger partial charge < -0.3 is 15.0 Å². The molecule has 11 heteroatoms. The second kappa shape index (κ2) is 11.6. The van der Waals surface area contributed by atoms with Crippen molar-refractivity contribution in [3.63, 3.8) is 0 Å². The number of methoxy groups -OCH3 is 1. The van der Waals surface area contributed by atoms with Crippen LogP contribution in [0.5, 0.6) is 5.75 Å². The zero-order valence-corrected chi connectivity index (χ0v) is 21.2. The van der Waals surface area contributed by atoms with Gasteiger partial charge in [-0.05, 0) is 42.3 Å².